The molecule has 6 atom stereocenters. The van der Waals surface area contributed by atoms with E-state index in [0.717, 1.165) is 140 Å². The van der Waals surface area contributed by atoms with Crippen LogP contribution in [0, 0.1) is 71.0 Å². The lowest BCUT2D eigenvalue weighted by Crippen LogP contribution is -2.33. The fourth-order valence-electron chi connectivity index (χ4n) is 18.0. The van der Waals surface area contributed by atoms with Gasteiger partial charge in [0.15, 0.2) is 0 Å². The lowest BCUT2D eigenvalue weighted by atomic mass is 9.84. The fraction of sp³-hybridized carbons (Fsp3) is 0.444. The Morgan fingerprint density at radius 2 is 0.354 bits per heavy atom. The molecule has 0 aliphatic heterocycles. The van der Waals surface area contributed by atoms with Crippen LogP contribution in [0.2, 0.25) is 0 Å². The Kier molecular flexibility index (Phi) is 51.0. The average Bonchev–Trinajstić information content (AvgIpc) is 0.777. The minimum Gasteiger partial charge on any atom is -0.494 e. The third-order valence-corrected chi connectivity index (χ3v) is 28.0. The van der Waals surface area contributed by atoms with Gasteiger partial charge in [-0.2, -0.15) is 0 Å². The summed E-state index contributed by atoms with van der Waals surface area (Å²) in [7, 11) is 0. The highest BCUT2D eigenvalue weighted by Crippen LogP contribution is 2.34. The molecule has 1 saturated carbocycles. The standard InChI is InChI=1S/C135H177N3O9/c1-97(2)25-19-31-103(13)79-85-142-124-67-43-109(44-68-124)37-55-115-61-64-121(91-118(115)58-40-112-49-73-127(74-50-112)145-88-82-106(16)34-22-28-100(7)8)136-94-130-133(139)131(95-137-122-65-62-116(56-38-110-45-69-125(70-46-110)143-86-80-104(14)32-20-26-98(3)4)119(92-122)59-41-113-51-75-128(76-52-113)146-89-83-107(17)35-23-29-101(9)10)135(141)132(134(130)140)96-138-123-66-63-117(57-39-111-47-71-126(72-48-111)144-87-81-105(15)33-21-27-99(5)6)120(93-123)60-42-114-53-77-129(78-54-114)147-90-84-108(18)36-24-30-102(11)12/h37-78,91-108,136-138H,19-36,79-90H2,1-18H3/b55-37+,56-38+,57-39+,58-40+,59-41+,60-42+,130-94?,131-95?,132-96?. The van der Waals surface area contributed by atoms with Crippen LogP contribution in [0.4, 0.5) is 17.1 Å². The van der Waals surface area contributed by atoms with Crippen molar-refractivity contribution in [1.82, 2.24) is 0 Å². The van der Waals surface area contributed by atoms with E-state index in [1.165, 1.54) is 134 Å². The first-order chi connectivity index (χ1) is 71.0. The Morgan fingerprint density at radius 3 is 0.517 bits per heavy atom. The zero-order chi connectivity index (χ0) is 105. The third kappa shape index (κ3) is 44.8. The molecule has 3 N–H and O–H groups in total. The maximum Gasteiger partial charge on any atom is 0.203 e. The molecule has 786 valence electrons. The summed E-state index contributed by atoms with van der Waals surface area (Å²) in [5.41, 5.74) is 12.4. The van der Waals surface area contributed by atoms with E-state index >= 15 is 14.4 Å². The van der Waals surface area contributed by atoms with Crippen LogP contribution in [-0.4, -0.2) is 57.0 Å². The molecule has 6 unspecified atom stereocenters. The first-order valence-corrected chi connectivity index (χ1v) is 55.9. The number of hydrogen-bond acceptors (Lipinski definition) is 12. The van der Waals surface area contributed by atoms with E-state index in [1.807, 2.05) is 127 Å². The number of allylic oxidation sites excluding steroid dienone is 3. The van der Waals surface area contributed by atoms with Crippen LogP contribution in [0.5, 0.6) is 34.5 Å². The Bertz CT molecular complexity index is 5120. The van der Waals surface area contributed by atoms with Gasteiger partial charge in [-0.25, -0.2) is 0 Å². The SMILES string of the molecule is CC(C)CCCC(C)CCOc1ccc(/C=C/c2ccc(NC=C3C(=O)C(=CNc4ccc(/C=C/c5ccc(OCCC(C)CCCC(C)C)cc5)c(/C=C/c5ccc(OCCC(C)CCCC(C)C)cc5)c4)C(=O)C(=CNc4ccc(/C=C/c5ccc(OCCC(C)CCCC(C)C)cc5)c(/C=C/c5ccc(OCCC(C)CCCC(C)C)cc5)c4)C3=O)cc2/C=C/c2ccc(OCCC(C)CCCC(C)C)cc2)cc1. The van der Waals surface area contributed by atoms with Gasteiger partial charge in [0.25, 0.3) is 0 Å². The summed E-state index contributed by atoms with van der Waals surface area (Å²) in [5, 5.41) is 10.2. The molecule has 0 aromatic heterocycles. The largest absolute Gasteiger partial charge is 0.494 e. The van der Waals surface area contributed by atoms with Crippen LogP contribution in [0.25, 0.3) is 72.9 Å². The van der Waals surface area contributed by atoms with Gasteiger partial charge in [0, 0.05) is 35.7 Å². The van der Waals surface area contributed by atoms with Crippen molar-refractivity contribution in [1.29, 1.82) is 0 Å². The van der Waals surface area contributed by atoms with Crippen LogP contribution in [-0.2, 0) is 14.4 Å². The summed E-state index contributed by atoms with van der Waals surface area (Å²) in [6, 6.07) is 67.1. The van der Waals surface area contributed by atoms with Crippen LogP contribution >= 0.6 is 0 Å². The van der Waals surface area contributed by atoms with Gasteiger partial charge in [-0.15, -0.1) is 0 Å². The van der Waals surface area contributed by atoms with Crippen LogP contribution in [0.3, 0.4) is 0 Å². The van der Waals surface area contributed by atoms with Gasteiger partial charge in [-0.1, -0.05) is 404 Å². The summed E-state index contributed by atoms with van der Waals surface area (Å²) in [6.07, 6.45) is 57.5. The summed E-state index contributed by atoms with van der Waals surface area (Å²) in [5.74, 6) is 10.6. The molecule has 0 radical (unpaired) electrons. The highest BCUT2D eigenvalue weighted by atomic mass is 16.5. The van der Waals surface area contributed by atoms with E-state index in [1.54, 1.807) is 0 Å². The molecule has 10 rings (SSSR count). The molecule has 0 spiro atoms. The molecule has 9 aromatic rings. The number of rotatable bonds is 66. The van der Waals surface area contributed by atoms with E-state index < -0.39 is 17.3 Å². The minimum absolute atomic E-state index is 0.231. The number of nitrogens with one attached hydrogen (secondary N) is 3. The lowest BCUT2D eigenvalue weighted by Gasteiger charge is -2.19. The van der Waals surface area contributed by atoms with Crippen molar-refractivity contribution in [3.8, 4) is 34.5 Å². The average molecular weight is 1990 g/mol. The van der Waals surface area contributed by atoms with E-state index in [-0.39, 0.29) is 16.7 Å². The normalized spacial score (nSPS) is 14.0. The molecule has 12 nitrogen and oxygen atoms in total. The second-order valence-corrected chi connectivity index (χ2v) is 44.4. The monoisotopic (exact) mass is 1980 g/mol. The molecule has 0 heterocycles. The molecule has 1 aliphatic rings. The number of carbonyl (C=O) groups is 3. The van der Waals surface area contributed by atoms with Crippen molar-refractivity contribution >= 4 is 107 Å². The topological polar surface area (TPSA) is 143 Å². The molecule has 1 aliphatic carbocycles. The summed E-state index contributed by atoms with van der Waals surface area (Å²) in [4.78, 5) is 46.6. The van der Waals surface area contributed by atoms with Gasteiger partial charge in [0.1, 0.15) is 34.5 Å². The van der Waals surface area contributed by atoms with Crippen LogP contribution in [0.1, 0.15) is 345 Å². The predicted octanol–water partition coefficient (Wildman–Crippen LogP) is 37.1. The van der Waals surface area contributed by atoms with E-state index in [4.69, 9.17) is 28.4 Å². The van der Waals surface area contributed by atoms with Gasteiger partial charge in [-0.05, 0) is 285 Å². The van der Waals surface area contributed by atoms with Crippen molar-refractivity contribution in [3.05, 3.63) is 302 Å². The minimum atomic E-state index is -0.746. The molecule has 147 heavy (non-hydrogen) atoms. The van der Waals surface area contributed by atoms with Crippen molar-refractivity contribution in [2.45, 2.75) is 279 Å². The van der Waals surface area contributed by atoms with Gasteiger partial charge in [-0.3, -0.25) is 14.4 Å². The lowest BCUT2D eigenvalue weighted by molar-refractivity contribution is -0.124. The fourth-order valence-corrected chi connectivity index (χ4v) is 18.0. The second-order valence-electron chi connectivity index (χ2n) is 44.4. The quantitative estimate of drug-likeness (QED) is 0.0190. The highest BCUT2D eigenvalue weighted by molar-refractivity contribution is 6.52. The Morgan fingerprint density at radius 1 is 0.190 bits per heavy atom. The molecule has 0 bridgehead atoms. The molecule has 9 aromatic carbocycles. The number of Topliss-reactive ketones (excluding diaryl/α,β-unsaturated/α-hetero) is 3. The maximum atomic E-state index is 15.5. The summed E-state index contributed by atoms with van der Waals surface area (Å²) in [6.45, 7) is 45.4. The molecule has 12 heteroatoms. The van der Waals surface area contributed by atoms with Crippen LogP contribution < -0.4 is 44.4 Å². The molecule has 1 fully saturated rings. The van der Waals surface area contributed by atoms with E-state index in [2.05, 4.69) is 286 Å². The van der Waals surface area contributed by atoms with Crippen molar-refractivity contribution in [3.63, 3.8) is 0 Å². The van der Waals surface area contributed by atoms with E-state index in [0.29, 0.717) is 128 Å². The molecular weight excluding hydrogens is 1810 g/mol. The van der Waals surface area contributed by atoms with Gasteiger partial charge in [0.05, 0.1) is 56.4 Å². The third-order valence-electron chi connectivity index (χ3n) is 28.0. The Balaban J connectivity index is 0.993. The number of benzene rings is 9. The van der Waals surface area contributed by atoms with Crippen molar-refractivity contribution in [2.24, 2.45) is 71.0 Å². The molecule has 0 saturated heterocycles. The number of anilines is 3. The zero-order valence-corrected chi connectivity index (χ0v) is 92.5. The smallest absolute Gasteiger partial charge is 0.203 e. The van der Waals surface area contributed by atoms with Gasteiger partial charge >= 0.3 is 0 Å². The van der Waals surface area contributed by atoms with Gasteiger partial charge in [0.2, 0.25) is 17.3 Å². The Hall–Kier alpha value is -12.2. The first-order valence-electron chi connectivity index (χ1n) is 55.9. The summed E-state index contributed by atoms with van der Waals surface area (Å²) < 4.78 is 37.7. The first kappa shape index (κ1) is 117. The zero-order valence-electron chi connectivity index (χ0n) is 92.5. The molecular formula is C135H177N3O9. The maximum absolute atomic E-state index is 15.5. The highest BCUT2D eigenvalue weighted by Gasteiger charge is 2.39. The number of ether oxygens (including phenoxy) is 6. The molecule has 0 amide bonds. The van der Waals surface area contributed by atoms with Crippen molar-refractivity contribution < 1.29 is 42.8 Å². The van der Waals surface area contributed by atoms with Gasteiger partial charge < -0.3 is 44.4 Å². The van der Waals surface area contributed by atoms with Crippen LogP contribution in [0.15, 0.2) is 236 Å². The predicted molar refractivity (Wildman–Crippen MR) is 629 cm³/mol. The number of ketones is 3. The van der Waals surface area contributed by atoms with E-state index in [9.17, 15) is 0 Å². The Labute approximate surface area is 886 Å². The number of carbonyl (C=O) groups excluding carboxylic acids is 3. The number of hydrogen-bond donors (Lipinski definition) is 3. The second kappa shape index (κ2) is 64.2. The summed E-state index contributed by atoms with van der Waals surface area (Å²) >= 11 is 0. The van der Waals surface area contributed by atoms with Crippen molar-refractivity contribution in [2.75, 3.05) is 55.6 Å².